The van der Waals surface area contributed by atoms with E-state index in [1.807, 2.05) is 54.6 Å². The van der Waals surface area contributed by atoms with Crippen LogP contribution in [0.25, 0.3) is 22.5 Å². The lowest BCUT2D eigenvalue weighted by molar-refractivity contribution is 0.102. The van der Waals surface area contributed by atoms with Crippen molar-refractivity contribution in [2.24, 2.45) is 0 Å². The Kier molecular flexibility index (Phi) is 6.36. The Labute approximate surface area is 170 Å². The second kappa shape index (κ2) is 9.12. The van der Waals surface area contributed by atoms with Gasteiger partial charge < -0.3 is 10.4 Å². The van der Waals surface area contributed by atoms with Crippen molar-refractivity contribution >= 4 is 11.6 Å². The van der Waals surface area contributed by atoms with Gasteiger partial charge in [-0.1, -0.05) is 36.4 Å². The summed E-state index contributed by atoms with van der Waals surface area (Å²) in [7, 11) is 0. The first kappa shape index (κ1) is 20.2. The maximum Gasteiger partial charge on any atom is 0.154 e. The van der Waals surface area contributed by atoms with E-state index in [-0.39, 0.29) is 0 Å². The van der Waals surface area contributed by atoms with Crippen molar-refractivity contribution < 1.29 is 5.11 Å². The van der Waals surface area contributed by atoms with Gasteiger partial charge in [0.1, 0.15) is 5.82 Å². The molecule has 6 heteroatoms. The van der Waals surface area contributed by atoms with Gasteiger partial charge >= 0.3 is 0 Å². The highest BCUT2D eigenvalue weighted by Gasteiger charge is 2.09. The maximum atomic E-state index is 8.52. The van der Waals surface area contributed by atoms with E-state index in [1.165, 1.54) is 0 Å². The number of aromatic nitrogens is 4. The minimum atomic E-state index is -0.500. The molecule has 0 aliphatic carbocycles. The molecule has 0 atom stereocenters. The van der Waals surface area contributed by atoms with Crippen LogP contribution in [0.15, 0.2) is 79.1 Å². The Hall–Kier alpha value is -3.51. The van der Waals surface area contributed by atoms with Crippen LogP contribution in [0, 0.1) is 0 Å². The van der Waals surface area contributed by atoms with Gasteiger partial charge in [0.15, 0.2) is 5.82 Å². The van der Waals surface area contributed by atoms with Crippen molar-refractivity contribution in [1.82, 2.24) is 20.2 Å². The molecule has 4 aromatic rings. The van der Waals surface area contributed by atoms with Crippen LogP contribution < -0.4 is 5.32 Å². The summed E-state index contributed by atoms with van der Waals surface area (Å²) in [6.07, 6.45) is 3.52. The van der Waals surface area contributed by atoms with Gasteiger partial charge in [-0.25, -0.2) is 4.98 Å². The highest BCUT2D eigenvalue weighted by Crippen LogP contribution is 2.28. The zero-order valence-electron chi connectivity index (χ0n) is 16.8. The number of aliphatic hydroxyl groups is 1. The number of H-pyrrole nitrogens is 1. The minimum absolute atomic E-state index is 0.500. The predicted octanol–water partition coefficient (Wildman–Crippen LogP) is 5.05. The quantitative estimate of drug-likeness (QED) is 0.456. The number of anilines is 2. The number of pyridine rings is 2. The van der Waals surface area contributed by atoms with Gasteiger partial charge in [-0.3, -0.25) is 10.1 Å². The van der Waals surface area contributed by atoms with Gasteiger partial charge in [0.2, 0.25) is 0 Å². The number of aromatic amines is 1. The average Bonchev–Trinajstić information content (AvgIpc) is 3.17. The smallest absolute Gasteiger partial charge is 0.154 e. The molecule has 0 amide bonds. The van der Waals surface area contributed by atoms with E-state index in [9.17, 15) is 0 Å². The Morgan fingerprint density at radius 1 is 0.862 bits per heavy atom. The summed E-state index contributed by atoms with van der Waals surface area (Å²) in [6.45, 7) is 5.23. The number of hydrogen-bond acceptors (Lipinski definition) is 5. The summed E-state index contributed by atoms with van der Waals surface area (Å²) in [6, 6.07) is 21.8. The largest absolute Gasteiger partial charge is 0.391 e. The van der Waals surface area contributed by atoms with Crippen molar-refractivity contribution in [2.45, 2.75) is 26.4 Å². The lowest BCUT2D eigenvalue weighted by Gasteiger charge is -2.08. The van der Waals surface area contributed by atoms with E-state index in [0.717, 1.165) is 28.3 Å². The first-order chi connectivity index (χ1) is 13.9. The fourth-order valence-electron chi connectivity index (χ4n) is 2.52. The standard InChI is InChI=1S/C19H15N5.C4H10O/c1-2-7-14(8-3-1)15-9-6-12-21-19(15)22-18-13-17(23-24-18)16-10-4-5-11-20-16;1-4(2,3)5/h1-13H,(H2,21,22,23,24);5H,1-3H3. The van der Waals surface area contributed by atoms with Crippen LogP contribution >= 0.6 is 0 Å². The van der Waals surface area contributed by atoms with Crippen molar-refractivity contribution in [3.63, 3.8) is 0 Å². The molecule has 1 aromatic carbocycles. The third kappa shape index (κ3) is 6.26. The molecule has 29 heavy (non-hydrogen) atoms. The molecule has 0 radical (unpaired) electrons. The molecule has 0 saturated heterocycles. The van der Waals surface area contributed by atoms with Gasteiger partial charge in [0.25, 0.3) is 0 Å². The predicted molar refractivity (Wildman–Crippen MR) is 117 cm³/mol. The molecule has 0 aliphatic heterocycles. The topological polar surface area (TPSA) is 86.7 Å². The van der Waals surface area contributed by atoms with Crippen LogP contribution in [0.4, 0.5) is 11.6 Å². The molecule has 3 aromatic heterocycles. The average molecular weight is 387 g/mol. The van der Waals surface area contributed by atoms with Gasteiger partial charge in [0.05, 0.1) is 17.0 Å². The molecule has 0 spiro atoms. The zero-order chi connectivity index (χ0) is 20.7. The Morgan fingerprint density at radius 3 is 2.24 bits per heavy atom. The van der Waals surface area contributed by atoms with Gasteiger partial charge in [-0.15, -0.1) is 0 Å². The molecule has 148 valence electrons. The first-order valence-electron chi connectivity index (χ1n) is 9.37. The van der Waals surface area contributed by atoms with Crippen molar-refractivity contribution in [3.05, 3.63) is 79.1 Å². The molecule has 0 saturated carbocycles. The van der Waals surface area contributed by atoms with E-state index in [1.54, 1.807) is 33.2 Å². The number of rotatable bonds is 4. The molecule has 3 heterocycles. The summed E-state index contributed by atoms with van der Waals surface area (Å²) < 4.78 is 0. The van der Waals surface area contributed by atoms with Crippen molar-refractivity contribution in [3.8, 4) is 22.5 Å². The molecule has 6 nitrogen and oxygen atoms in total. The molecular formula is C23H25N5O. The first-order valence-corrected chi connectivity index (χ1v) is 9.37. The molecule has 0 fully saturated rings. The second-order valence-electron chi connectivity index (χ2n) is 7.44. The number of nitrogens with zero attached hydrogens (tertiary/aromatic N) is 3. The summed E-state index contributed by atoms with van der Waals surface area (Å²) >= 11 is 0. The van der Waals surface area contributed by atoms with Gasteiger partial charge in [-0.05, 0) is 50.6 Å². The Bertz CT molecular complexity index is 1020. The third-order valence-corrected chi connectivity index (χ3v) is 3.66. The normalized spacial score (nSPS) is 10.8. The second-order valence-corrected chi connectivity index (χ2v) is 7.44. The monoisotopic (exact) mass is 387 g/mol. The summed E-state index contributed by atoms with van der Waals surface area (Å²) in [5.74, 6) is 1.47. The van der Waals surface area contributed by atoms with Crippen molar-refractivity contribution in [2.75, 3.05) is 5.32 Å². The van der Waals surface area contributed by atoms with Crippen LogP contribution in [-0.2, 0) is 0 Å². The number of benzene rings is 1. The van der Waals surface area contributed by atoms with E-state index in [2.05, 4.69) is 37.6 Å². The summed E-state index contributed by atoms with van der Waals surface area (Å²) in [5, 5.41) is 19.1. The fraction of sp³-hybridized carbons (Fsp3) is 0.174. The highest BCUT2D eigenvalue weighted by atomic mass is 16.3. The van der Waals surface area contributed by atoms with Crippen molar-refractivity contribution in [1.29, 1.82) is 0 Å². The van der Waals surface area contributed by atoms with E-state index >= 15 is 0 Å². The van der Waals surface area contributed by atoms with Gasteiger partial charge in [-0.2, -0.15) is 5.10 Å². The molecular weight excluding hydrogens is 362 g/mol. The van der Waals surface area contributed by atoms with Crippen LogP contribution in [-0.4, -0.2) is 30.9 Å². The fourth-order valence-corrected chi connectivity index (χ4v) is 2.52. The third-order valence-electron chi connectivity index (χ3n) is 3.66. The SMILES string of the molecule is CC(C)(C)O.c1ccc(-c2cccnc2Nc2cc(-c3ccccn3)[nH]n2)cc1. The Morgan fingerprint density at radius 2 is 1.55 bits per heavy atom. The molecule has 0 aliphatic rings. The van der Waals surface area contributed by atoms with Crippen LogP contribution in [0.2, 0.25) is 0 Å². The van der Waals surface area contributed by atoms with Crippen LogP contribution in [0.5, 0.6) is 0 Å². The summed E-state index contributed by atoms with van der Waals surface area (Å²) in [5.41, 5.74) is 3.34. The molecule has 3 N–H and O–H groups in total. The molecule has 4 rings (SSSR count). The number of hydrogen-bond donors (Lipinski definition) is 3. The molecule has 0 unspecified atom stereocenters. The van der Waals surface area contributed by atoms with Gasteiger partial charge in [0, 0.05) is 24.0 Å². The van der Waals surface area contributed by atoms with E-state index < -0.39 is 5.60 Å². The number of nitrogens with one attached hydrogen (secondary N) is 2. The summed E-state index contributed by atoms with van der Waals surface area (Å²) in [4.78, 5) is 8.77. The minimum Gasteiger partial charge on any atom is -0.391 e. The van der Waals surface area contributed by atoms with E-state index in [0.29, 0.717) is 5.82 Å². The van der Waals surface area contributed by atoms with Crippen LogP contribution in [0.3, 0.4) is 0 Å². The Balaban J connectivity index is 0.000000431. The highest BCUT2D eigenvalue weighted by molar-refractivity contribution is 5.78. The zero-order valence-corrected chi connectivity index (χ0v) is 16.8. The van der Waals surface area contributed by atoms with E-state index in [4.69, 9.17) is 5.11 Å². The lowest BCUT2D eigenvalue weighted by atomic mass is 10.1. The lowest BCUT2D eigenvalue weighted by Crippen LogP contribution is -2.10. The maximum absolute atomic E-state index is 8.52. The molecule has 0 bridgehead atoms. The van der Waals surface area contributed by atoms with Crippen LogP contribution in [0.1, 0.15) is 20.8 Å².